The second kappa shape index (κ2) is 40.3. The Hall–Kier alpha value is -1.87. The Morgan fingerprint density at radius 2 is 0.942 bits per heavy atom. The molecule has 0 saturated heterocycles. The van der Waals surface area contributed by atoms with E-state index in [4.69, 9.17) is 18.9 Å². The number of unbranched alkanes of at least 4 members (excludes halogenated alkanes) is 20. The van der Waals surface area contributed by atoms with E-state index in [1.165, 1.54) is 89.9 Å². The Bertz CT molecular complexity index is 751. The molecule has 0 aromatic carbocycles. The van der Waals surface area contributed by atoms with Gasteiger partial charge in [0.1, 0.15) is 6.10 Å². The summed E-state index contributed by atoms with van der Waals surface area (Å²) >= 11 is 0. The summed E-state index contributed by atoms with van der Waals surface area (Å²) in [6.45, 7) is 10.8. The lowest BCUT2D eigenvalue weighted by molar-refractivity contribution is -0.144. The molecule has 0 aliphatic heterocycles. The third-order valence-electron chi connectivity index (χ3n) is 9.78. The fraction of sp³-hybridized carbons (Fsp3) is 0.930. The molecule has 0 aliphatic carbocycles. The molecular formula is C43H84N2O7. The van der Waals surface area contributed by atoms with Gasteiger partial charge in [0.15, 0.2) is 0 Å². The maximum Gasteiger partial charge on any atom is 0.407 e. The Labute approximate surface area is 320 Å². The van der Waals surface area contributed by atoms with Crippen molar-refractivity contribution in [3.63, 3.8) is 0 Å². The topological polar surface area (TPSA) is 103 Å². The standard InChI is InChI=1S/C43H84N2O7/c1-5-8-10-12-14-16-18-20-26-32-41(46)50-36-28-22-24-30-40(52-43(48)44-34-38-49-39-35-45(4)7-3)31-25-23-29-37-51-42(47)33-27-21-19-17-15-13-11-9-6-2/h40H,5-39H2,1-4H3,(H,44,48). The van der Waals surface area contributed by atoms with Gasteiger partial charge in [-0.05, 0) is 77.8 Å². The smallest absolute Gasteiger partial charge is 0.407 e. The van der Waals surface area contributed by atoms with E-state index in [1.807, 2.05) is 0 Å². The van der Waals surface area contributed by atoms with Crippen molar-refractivity contribution < 1.29 is 33.3 Å². The zero-order valence-corrected chi connectivity index (χ0v) is 34.6. The number of hydrogen-bond acceptors (Lipinski definition) is 8. The molecule has 1 N–H and O–H groups in total. The van der Waals surface area contributed by atoms with Crippen molar-refractivity contribution in [1.82, 2.24) is 10.2 Å². The first kappa shape index (κ1) is 50.1. The number of esters is 2. The van der Waals surface area contributed by atoms with Gasteiger partial charge < -0.3 is 29.2 Å². The molecule has 0 saturated carbocycles. The molecule has 0 fully saturated rings. The molecule has 9 heteroatoms. The first-order chi connectivity index (χ1) is 25.4. The average Bonchev–Trinajstić information content (AvgIpc) is 3.14. The van der Waals surface area contributed by atoms with Gasteiger partial charge in [0.25, 0.3) is 0 Å². The number of amides is 1. The van der Waals surface area contributed by atoms with Crippen LogP contribution in [0.5, 0.6) is 0 Å². The molecule has 0 atom stereocenters. The van der Waals surface area contributed by atoms with Crippen molar-refractivity contribution in [2.75, 3.05) is 53.1 Å². The summed E-state index contributed by atoms with van der Waals surface area (Å²) in [6, 6.07) is 0. The Balaban J connectivity index is 4.21. The maximum atomic E-state index is 12.5. The lowest BCUT2D eigenvalue weighted by Gasteiger charge is -2.19. The minimum Gasteiger partial charge on any atom is -0.466 e. The molecule has 0 spiro atoms. The van der Waals surface area contributed by atoms with E-state index in [-0.39, 0.29) is 18.0 Å². The first-order valence-corrected chi connectivity index (χ1v) is 21.9. The lowest BCUT2D eigenvalue weighted by atomic mass is 10.0. The number of nitrogens with zero attached hydrogens (tertiary/aromatic N) is 1. The molecule has 52 heavy (non-hydrogen) atoms. The highest BCUT2D eigenvalue weighted by atomic mass is 16.6. The summed E-state index contributed by atoms with van der Waals surface area (Å²) < 4.78 is 22.4. The van der Waals surface area contributed by atoms with Crippen LogP contribution in [-0.2, 0) is 28.5 Å². The largest absolute Gasteiger partial charge is 0.466 e. The van der Waals surface area contributed by atoms with Crippen molar-refractivity contribution in [2.45, 2.75) is 207 Å². The number of rotatable bonds is 40. The summed E-state index contributed by atoms with van der Waals surface area (Å²) in [5, 5.41) is 2.82. The third-order valence-corrected chi connectivity index (χ3v) is 9.78. The maximum absolute atomic E-state index is 12.5. The molecule has 0 aromatic rings. The van der Waals surface area contributed by atoms with Crippen LogP contribution in [0.15, 0.2) is 0 Å². The van der Waals surface area contributed by atoms with E-state index in [9.17, 15) is 14.4 Å². The molecule has 0 heterocycles. The van der Waals surface area contributed by atoms with Gasteiger partial charge in [-0.2, -0.15) is 0 Å². The van der Waals surface area contributed by atoms with E-state index in [0.717, 1.165) is 90.1 Å². The van der Waals surface area contributed by atoms with Gasteiger partial charge in [-0.1, -0.05) is 124 Å². The van der Waals surface area contributed by atoms with Crippen LogP contribution in [0, 0.1) is 0 Å². The SMILES string of the molecule is CCCCCCCCCCCC(=O)OCCCCCC(CCCCCOC(=O)CCCCCCCCCCC)OC(=O)NCCOCCN(C)CC. The van der Waals surface area contributed by atoms with E-state index in [2.05, 4.69) is 38.0 Å². The molecule has 0 radical (unpaired) electrons. The summed E-state index contributed by atoms with van der Waals surface area (Å²) in [5.41, 5.74) is 0. The normalized spacial score (nSPS) is 11.3. The van der Waals surface area contributed by atoms with E-state index in [1.54, 1.807) is 0 Å². The minimum absolute atomic E-state index is 0.0867. The van der Waals surface area contributed by atoms with Gasteiger partial charge in [-0.25, -0.2) is 4.79 Å². The predicted molar refractivity (Wildman–Crippen MR) is 215 cm³/mol. The Morgan fingerprint density at radius 1 is 0.519 bits per heavy atom. The average molecular weight is 741 g/mol. The van der Waals surface area contributed by atoms with Crippen molar-refractivity contribution in [2.24, 2.45) is 0 Å². The molecule has 0 aliphatic rings. The van der Waals surface area contributed by atoms with Crippen molar-refractivity contribution >= 4 is 18.0 Å². The van der Waals surface area contributed by atoms with Crippen molar-refractivity contribution in [3.8, 4) is 0 Å². The van der Waals surface area contributed by atoms with Crippen LogP contribution in [0.4, 0.5) is 4.79 Å². The lowest BCUT2D eigenvalue weighted by Crippen LogP contribution is -2.32. The molecule has 308 valence electrons. The number of carbonyl (C=O) groups is 3. The molecule has 0 rings (SSSR count). The van der Waals surface area contributed by atoms with Crippen LogP contribution in [0.1, 0.15) is 201 Å². The van der Waals surface area contributed by atoms with Crippen molar-refractivity contribution in [1.29, 1.82) is 0 Å². The zero-order valence-electron chi connectivity index (χ0n) is 34.6. The zero-order chi connectivity index (χ0) is 38.2. The molecule has 1 amide bonds. The van der Waals surface area contributed by atoms with E-state index in [0.29, 0.717) is 45.8 Å². The number of nitrogens with one attached hydrogen (secondary N) is 1. The second-order valence-electron chi connectivity index (χ2n) is 14.8. The number of alkyl carbamates (subject to hydrolysis) is 1. The van der Waals surface area contributed by atoms with E-state index < -0.39 is 6.09 Å². The van der Waals surface area contributed by atoms with Gasteiger partial charge in [0, 0.05) is 25.9 Å². The van der Waals surface area contributed by atoms with Crippen LogP contribution >= 0.6 is 0 Å². The van der Waals surface area contributed by atoms with Crippen LogP contribution < -0.4 is 5.32 Å². The monoisotopic (exact) mass is 741 g/mol. The number of ether oxygens (including phenoxy) is 4. The fourth-order valence-corrected chi connectivity index (χ4v) is 6.14. The first-order valence-electron chi connectivity index (χ1n) is 21.9. The highest BCUT2D eigenvalue weighted by Crippen LogP contribution is 2.16. The number of likely N-dealkylation sites (N-methyl/N-ethyl adjacent to an activating group) is 1. The third kappa shape index (κ3) is 37.9. The highest BCUT2D eigenvalue weighted by molar-refractivity contribution is 5.69. The summed E-state index contributed by atoms with van der Waals surface area (Å²) in [6.07, 6.45) is 29.5. The van der Waals surface area contributed by atoms with Gasteiger partial charge in [0.2, 0.25) is 0 Å². The minimum atomic E-state index is -0.407. The Morgan fingerprint density at radius 3 is 1.38 bits per heavy atom. The Kier molecular flexibility index (Phi) is 38.9. The van der Waals surface area contributed by atoms with Crippen molar-refractivity contribution in [3.05, 3.63) is 0 Å². The molecule has 0 bridgehead atoms. The molecule has 9 nitrogen and oxygen atoms in total. The molecular weight excluding hydrogens is 656 g/mol. The van der Waals surface area contributed by atoms with Gasteiger partial charge >= 0.3 is 18.0 Å². The summed E-state index contributed by atoms with van der Waals surface area (Å²) in [5.74, 6) is -0.173. The molecule has 0 unspecified atom stereocenters. The van der Waals surface area contributed by atoms with Gasteiger partial charge in [0.05, 0.1) is 26.4 Å². The fourth-order valence-electron chi connectivity index (χ4n) is 6.14. The highest BCUT2D eigenvalue weighted by Gasteiger charge is 2.14. The van der Waals surface area contributed by atoms with Crippen LogP contribution in [0.3, 0.4) is 0 Å². The summed E-state index contributed by atoms with van der Waals surface area (Å²) in [4.78, 5) is 39.0. The predicted octanol–water partition coefficient (Wildman–Crippen LogP) is 11.1. The number of hydrogen-bond donors (Lipinski definition) is 1. The quantitative estimate of drug-likeness (QED) is 0.0376. The number of carbonyl (C=O) groups excluding carboxylic acids is 3. The van der Waals surface area contributed by atoms with Crippen LogP contribution in [-0.4, -0.2) is 82.1 Å². The van der Waals surface area contributed by atoms with Crippen LogP contribution in [0.2, 0.25) is 0 Å². The van der Waals surface area contributed by atoms with E-state index >= 15 is 0 Å². The van der Waals surface area contributed by atoms with Gasteiger partial charge in [-0.15, -0.1) is 0 Å². The summed E-state index contributed by atoms with van der Waals surface area (Å²) in [7, 11) is 2.05. The molecule has 0 aromatic heterocycles. The van der Waals surface area contributed by atoms with Crippen LogP contribution in [0.25, 0.3) is 0 Å². The van der Waals surface area contributed by atoms with Gasteiger partial charge in [-0.3, -0.25) is 9.59 Å². The second-order valence-corrected chi connectivity index (χ2v) is 14.8.